The zero-order valence-corrected chi connectivity index (χ0v) is 14.4. The standard InChI is InChI=1S/C17H29NO2S/c1-4-11-21(19,20)12-10-17(14-18-5-2)13-16-8-6-15(3)7-9-16/h6-9,17-18H,4-5,10-14H2,1-3H3. The van der Waals surface area contributed by atoms with Gasteiger partial charge in [-0.3, -0.25) is 0 Å². The third kappa shape index (κ3) is 7.63. The normalized spacial score (nSPS) is 13.3. The number of rotatable bonds is 10. The Labute approximate surface area is 130 Å². The van der Waals surface area contributed by atoms with E-state index in [1.165, 1.54) is 11.1 Å². The van der Waals surface area contributed by atoms with Gasteiger partial charge in [0, 0.05) is 5.75 Å². The van der Waals surface area contributed by atoms with E-state index >= 15 is 0 Å². The van der Waals surface area contributed by atoms with Crippen molar-refractivity contribution < 1.29 is 8.42 Å². The zero-order valence-electron chi connectivity index (χ0n) is 13.6. The van der Waals surface area contributed by atoms with Gasteiger partial charge in [-0.05, 0) is 50.8 Å². The number of sulfone groups is 1. The van der Waals surface area contributed by atoms with Crippen LogP contribution in [-0.4, -0.2) is 33.0 Å². The van der Waals surface area contributed by atoms with Crippen LogP contribution in [0.25, 0.3) is 0 Å². The molecule has 1 N–H and O–H groups in total. The van der Waals surface area contributed by atoms with Gasteiger partial charge in [0.25, 0.3) is 0 Å². The molecule has 4 heteroatoms. The maximum absolute atomic E-state index is 11.9. The smallest absolute Gasteiger partial charge is 0.150 e. The number of hydrogen-bond donors (Lipinski definition) is 1. The Morgan fingerprint density at radius 2 is 1.76 bits per heavy atom. The lowest BCUT2D eigenvalue weighted by Crippen LogP contribution is -2.26. The predicted octanol–water partition coefficient (Wildman–Crippen LogP) is 2.98. The van der Waals surface area contributed by atoms with Crippen LogP contribution in [0, 0.1) is 12.8 Å². The van der Waals surface area contributed by atoms with E-state index in [4.69, 9.17) is 0 Å². The van der Waals surface area contributed by atoms with E-state index in [0.29, 0.717) is 23.8 Å². The maximum Gasteiger partial charge on any atom is 0.150 e. The number of benzene rings is 1. The van der Waals surface area contributed by atoms with E-state index in [0.717, 1.165) is 25.9 Å². The van der Waals surface area contributed by atoms with Crippen LogP contribution >= 0.6 is 0 Å². The first kappa shape index (κ1) is 18.2. The number of nitrogens with one attached hydrogen (secondary N) is 1. The van der Waals surface area contributed by atoms with Crippen LogP contribution in [0.15, 0.2) is 24.3 Å². The molecule has 3 nitrogen and oxygen atoms in total. The molecule has 1 aromatic rings. The van der Waals surface area contributed by atoms with Gasteiger partial charge < -0.3 is 5.32 Å². The van der Waals surface area contributed by atoms with Gasteiger partial charge in [-0.25, -0.2) is 8.42 Å². The Balaban J connectivity index is 2.60. The summed E-state index contributed by atoms with van der Waals surface area (Å²) < 4.78 is 23.8. The molecule has 1 aromatic carbocycles. The molecular weight excluding hydrogens is 282 g/mol. The van der Waals surface area contributed by atoms with Crippen molar-refractivity contribution in [3.8, 4) is 0 Å². The molecule has 21 heavy (non-hydrogen) atoms. The summed E-state index contributed by atoms with van der Waals surface area (Å²) in [6.07, 6.45) is 2.39. The first-order valence-electron chi connectivity index (χ1n) is 7.93. The van der Waals surface area contributed by atoms with Gasteiger partial charge in [0.05, 0.1) is 5.75 Å². The highest BCUT2D eigenvalue weighted by molar-refractivity contribution is 7.91. The van der Waals surface area contributed by atoms with E-state index in [-0.39, 0.29) is 0 Å². The van der Waals surface area contributed by atoms with Crippen molar-refractivity contribution in [2.75, 3.05) is 24.6 Å². The Morgan fingerprint density at radius 3 is 2.33 bits per heavy atom. The minimum absolute atomic E-state index is 0.308. The summed E-state index contributed by atoms with van der Waals surface area (Å²) in [5.74, 6) is 0.994. The molecule has 0 amide bonds. The topological polar surface area (TPSA) is 46.2 Å². The van der Waals surface area contributed by atoms with Gasteiger partial charge in [0.1, 0.15) is 9.84 Å². The van der Waals surface area contributed by atoms with Gasteiger partial charge in [0.2, 0.25) is 0 Å². The van der Waals surface area contributed by atoms with Crippen molar-refractivity contribution >= 4 is 9.84 Å². The summed E-state index contributed by atoms with van der Waals surface area (Å²) >= 11 is 0. The molecule has 0 aliphatic heterocycles. The quantitative estimate of drug-likeness (QED) is 0.722. The highest BCUT2D eigenvalue weighted by Crippen LogP contribution is 2.14. The summed E-state index contributed by atoms with van der Waals surface area (Å²) in [5.41, 5.74) is 2.55. The number of hydrogen-bond acceptors (Lipinski definition) is 3. The summed E-state index contributed by atoms with van der Waals surface area (Å²) in [5, 5.41) is 3.35. The molecule has 0 bridgehead atoms. The van der Waals surface area contributed by atoms with Gasteiger partial charge in [-0.15, -0.1) is 0 Å². The van der Waals surface area contributed by atoms with E-state index in [9.17, 15) is 8.42 Å². The Hall–Kier alpha value is -0.870. The average Bonchev–Trinajstić information content (AvgIpc) is 2.44. The van der Waals surface area contributed by atoms with Gasteiger partial charge in [-0.2, -0.15) is 0 Å². The van der Waals surface area contributed by atoms with Crippen LogP contribution in [0.1, 0.15) is 37.8 Å². The molecule has 0 spiro atoms. The summed E-state index contributed by atoms with van der Waals surface area (Å²) in [6, 6.07) is 8.53. The molecule has 0 saturated heterocycles. The first-order chi connectivity index (χ1) is 9.96. The lowest BCUT2D eigenvalue weighted by Gasteiger charge is -2.17. The highest BCUT2D eigenvalue weighted by Gasteiger charge is 2.15. The van der Waals surface area contributed by atoms with Crippen LogP contribution in [0.2, 0.25) is 0 Å². The molecule has 0 aromatic heterocycles. The predicted molar refractivity (Wildman–Crippen MR) is 90.5 cm³/mol. The Bertz CT molecular complexity index is 494. The molecule has 0 radical (unpaired) electrons. The van der Waals surface area contributed by atoms with Crippen LogP contribution < -0.4 is 5.32 Å². The van der Waals surface area contributed by atoms with Crippen molar-refractivity contribution in [2.24, 2.45) is 5.92 Å². The molecule has 1 atom stereocenters. The van der Waals surface area contributed by atoms with Crippen molar-refractivity contribution in [1.82, 2.24) is 5.32 Å². The van der Waals surface area contributed by atoms with E-state index in [2.05, 4.69) is 43.4 Å². The summed E-state index contributed by atoms with van der Waals surface area (Å²) in [4.78, 5) is 0. The van der Waals surface area contributed by atoms with Crippen LogP contribution in [0.3, 0.4) is 0 Å². The number of aryl methyl sites for hydroxylation is 1. The van der Waals surface area contributed by atoms with Crippen molar-refractivity contribution in [1.29, 1.82) is 0 Å². The van der Waals surface area contributed by atoms with Crippen LogP contribution in [0.5, 0.6) is 0 Å². The minimum atomic E-state index is -2.88. The lowest BCUT2D eigenvalue weighted by molar-refractivity contribution is 0.465. The third-order valence-electron chi connectivity index (χ3n) is 3.68. The SMILES string of the molecule is CCCS(=O)(=O)CCC(CNCC)Cc1ccc(C)cc1. The molecule has 120 valence electrons. The van der Waals surface area contributed by atoms with E-state index in [1.807, 2.05) is 6.92 Å². The maximum atomic E-state index is 11.9. The molecule has 0 fully saturated rings. The van der Waals surface area contributed by atoms with Gasteiger partial charge >= 0.3 is 0 Å². The second-order valence-electron chi connectivity index (χ2n) is 5.80. The minimum Gasteiger partial charge on any atom is -0.317 e. The lowest BCUT2D eigenvalue weighted by atomic mass is 9.96. The zero-order chi connectivity index (χ0) is 15.7. The van der Waals surface area contributed by atoms with E-state index < -0.39 is 9.84 Å². The van der Waals surface area contributed by atoms with E-state index in [1.54, 1.807) is 0 Å². The molecule has 0 saturated carbocycles. The monoisotopic (exact) mass is 311 g/mol. The molecule has 1 unspecified atom stereocenters. The van der Waals surface area contributed by atoms with Crippen LogP contribution in [-0.2, 0) is 16.3 Å². The molecule has 0 aliphatic carbocycles. The fourth-order valence-corrected chi connectivity index (χ4v) is 3.96. The largest absolute Gasteiger partial charge is 0.317 e. The summed E-state index contributed by atoms with van der Waals surface area (Å²) in [7, 11) is -2.88. The molecule has 0 heterocycles. The van der Waals surface area contributed by atoms with Crippen LogP contribution in [0.4, 0.5) is 0 Å². The Morgan fingerprint density at radius 1 is 1.10 bits per heavy atom. The van der Waals surface area contributed by atoms with Gasteiger partial charge in [-0.1, -0.05) is 43.7 Å². The molecule has 1 rings (SSSR count). The van der Waals surface area contributed by atoms with Crippen molar-refractivity contribution in [3.05, 3.63) is 35.4 Å². The second-order valence-corrected chi connectivity index (χ2v) is 8.11. The molecule has 0 aliphatic rings. The average molecular weight is 311 g/mol. The highest BCUT2D eigenvalue weighted by atomic mass is 32.2. The molecular formula is C17H29NO2S. The fourth-order valence-electron chi connectivity index (χ4n) is 2.44. The van der Waals surface area contributed by atoms with Crippen molar-refractivity contribution in [3.63, 3.8) is 0 Å². The first-order valence-corrected chi connectivity index (χ1v) is 9.75. The second kappa shape index (κ2) is 9.21. The Kier molecular flexibility index (Phi) is 7.97. The summed E-state index contributed by atoms with van der Waals surface area (Å²) in [6.45, 7) is 7.88. The van der Waals surface area contributed by atoms with Crippen molar-refractivity contribution in [2.45, 2.75) is 40.0 Å². The third-order valence-corrected chi connectivity index (χ3v) is 5.57. The fraction of sp³-hybridized carbons (Fsp3) is 0.647. The van der Waals surface area contributed by atoms with Gasteiger partial charge in [0.15, 0.2) is 0 Å².